The minimum Gasteiger partial charge on any atom is -0.497 e. The summed E-state index contributed by atoms with van der Waals surface area (Å²) in [6.07, 6.45) is 3.94. The number of alkyl halides is 2. The van der Waals surface area contributed by atoms with Crippen molar-refractivity contribution >= 4 is 23.5 Å². The minimum atomic E-state index is -2.90. The molecule has 3 N–H and O–H groups in total. The average Bonchev–Trinajstić information content (AvgIpc) is 3.48. The Labute approximate surface area is 257 Å². The third kappa shape index (κ3) is 6.97. The van der Waals surface area contributed by atoms with Crippen molar-refractivity contribution in [2.45, 2.75) is 44.4 Å². The summed E-state index contributed by atoms with van der Waals surface area (Å²) in [4.78, 5) is 25.2. The number of halogens is 2. The molecule has 6 rings (SSSR count). The number of carbonyl (C=O) groups is 1. The van der Waals surface area contributed by atoms with Crippen LogP contribution in [0.3, 0.4) is 0 Å². The van der Waals surface area contributed by atoms with Crippen LogP contribution < -0.4 is 24.8 Å². The number of anilines is 3. The first-order valence-corrected chi connectivity index (χ1v) is 14.4. The van der Waals surface area contributed by atoms with Crippen LogP contribution in [-0.4, -0.2) is 74.2 Å². The van der Waals surface area contributed by atoms with Crippen LogP contribution >= 0.6 is 0 Å². The Hall–Kier alpha value is -5.21. The maximum absolute atomic E-state index is 13.8. The van der Waals surface area contributed by atoms with Gasteiger partial charge in [-0.15, -0.1) is 0 Å². The van der Waals surface area contributed by atoms with Crippen LogP contribution in [0.5, 0.6) is 17.2 Å². The zero-order chi connectivity index (χ0) is 31.5. The molecule has 0 spiro atoms. The van der Waals surface area contributed by atoms with E-state index in [1.54, 1.807) is 42.4 Å². The SMILES string of the molecule is COc1ccc(CNc2cc(Nc3cc(OC4CC4)c(-c4cnn([C@@H]5CCN(C(=O)O)C5)c4)cn3)nc(C(F)F)n2)c(OC)c1. The first-order valence-electron chi connectivity index (χ1n) is 14.4. The molecule has 4 heterocycles. The number of pyridine rings is 1. The number of benzene rings is 1. The number of rotatable bonds is 12. The van der Waals surface area contributed by atoms with Gasteiger partial charge in [0.25, 0.3) is 6.43 Å². The van der Waals surface area contributed by atoms with Crippen LogP contribution in [0.1, 0.15) is 43.1 Å². The number of aromatic nitrogens is 5. The van der Waals surface area contributed by atoms with Gasteiger partial charge in [0, 0.05) is 66.9 Å². The molecule has 1 atom stereocenters. The number of carboxylic acid groups (broad SMARTS) is 1. The predicted molar refractivity (Wildman–Crippen MR) is 160 cm³/mol. The van der Waals surface area contributed by atoms with Crippen molar-refractivity contribution in [2.24, 2.45) is 0 Å². The summed E-state index contributed by atoms with van der Waals surface area (Å²) in [6, 6.07) is 8.48. The van der Waals surface area contributed by atoms with E-state index < -0.39 is 18.3 Å². The molecule has 1 aliphatic heterocycles. The van der Waals surface area contributed by atoms with Gasteiger partial charge in [0.15, 0.2) is 5.82 Å². The van der Waals surface area contributed by atoms with E-state index in [1.165, 1.54) is 18.1 Å². The molecule has 0 radical (unpaired) electrons. The highest BCUT2D eigenvalue weighted by Crippen LogP contribution is 2.37. The Morgan fingerprint density at radius 3 is 2.58 bits per heavy atom. The molecule has 1 aromatic carbocycles. The zero-order valence-corrected chi connectivity index (χ0v) is 24.6. The van der Waals surface area contributed by atoms with Crippen molar-refractivity contribution in [3.05, 3.63) is 60.3 Å². The van der Waals surface area contributed by atoms with E-state index in [-0.39, 0.29) is 30.3 Å². The summed E-state index contributed by atoms with van der Waals surface area (Å²) in [6.45, 7) is 1.07. The van der Waals surface area contributed by atoms with Crippen molar-refractivity contribution < 1.29 is 32.9 Å². The summed E-state index contributed by atoms with van der Waals surface area (Å²) in [5, 5.41) is 19.9. The number of nitrogens with zero attached hydrogens (tertiary/aromatic N) is 6. The molecule has 3 aromatic heterocycles. The van der Waals surface area contributed by atoms with Gasteiger partial charge in [-0.2, -0.15) is 5.10 Å². The number of methoxy groups -OCH3 is 2. The normalized spacial score (nSPS) is 16.1. The fourth-order valence-corrected chi connectivity index (χ4v) is 5.03. The summed E-state index contributed by atoms with van der Waals surface area (Å²) in [5.41, 5.74) is 2.25. The van der Waals surface area contributed by atoms with E-state index in [0.29, 0.717) is 48.1 Å². The highest BCUT2D eigenvalue weighted by atomic mass is 19.3. The Bertz CT molecular complexity index is 1680. The lowest BCUT2D eigenvalue weighted by molar-refractivity contribution is 0.140. The average molecular weight is 623 g/mol. The third-order valence-electron chi connectivity index (χ3n) is 7.55. The van der Waals surface area contributed by atoms with Crippen LogP contribution in [0.15, 0.2) is 48.9 Å². The summed E-state index contributed by atoms with van der Waals surface area (Å²) in [7, 11) is 3.09. The van der Waals surface area contributed by atoms with E-state index >= 15 is 0 Å². The first kappa shape index (κ1) is 29.8. The fourth-order valence-electron chi connectivity index (χ4n) is 5.03. The van der Waals surface area contributed by atoms with Crippen molar-refractivity contribution in [3.8, 4) is 28.4 Å². The molecule has 1 amide bonds. The molecular formula is C30H32F2N8O5. The van der Waals surface area contributed by atoms with E-state index in [0.717, 1.165) is 24.0 Å². The lowest BCUT2D eigenvalue weighted by Gasteiger charge is -2.15. The maximum Gasteiger partial charge on any atom is 0.407 e. The standard InChI is InChI=1S/C30H32F2N8O5/c1-43-21-4-3-17(23(9-21)44-2)12-33-26-11-27(38-29(37-26)28(31)32)36-25-10-24(45-20-5-6-20)22(14-34-25)18-13-35-40(15-18)19-7-8-39(16-19)30(41)42/h3-4,9-11,13-15,19-20,28H,5-8,12,16H2,1-2H3,(H,41,42)(H2,33,34,36,37,38)/t19-/m1/s1. The van der Waals surface area contributed by atoms with Gasteiger partial charge < -0.3 is 34.9 Å². The van der Waals surface area contributed by atoms with E-state index in [9.17, 15) is 18.7 Å². The molecule has 4 aromatic rings. The third-order valence-corrected chi connectivity index (χ3v) is 7.55. The van der Waals surface area contributed by atoms with Crippen LogP contribution in [0.2, 0.25) is 0 Å². The van der Waals surface area contributed by atoms with Gasteiger partial charge in [0.05, 0.1) is 32.6 Å². The number of ether oxygens (including phenoxy) is 3. The van der Waals surface area contributed by atoms with Gasteiger partial charge in [-0.3, -0.25) is 4.68 Å². The summed E-state index contributed by atoms with van der Waals surface area (Å²) >= 11 is 0. The second kappa shape index (κ2) is 12.8. The molecule has 0 bridgehead atoms. The second-order valence-electron chi connectivity index (χ2n) is 10.7. The topological polar surface area (TPSA) is 149 Å². The second-order valence-corrected chi connectivity index (χ2v) is 10.7. The maximum atomic E-state index is 13.8. The highest BCUT2D eigenvalue weighted by Gasteiger charge is 2.29. The molecular weight excluding hydrogens is 590 g/mol. The van der Waals surface area contributed by atoms with Crippen LogP contribution in [-0.2, 0) is 6.54 Å². The van der Waals surface area contributed by atoms with E-state index in [1.807, 2.05) is 12.3 Å². The Balaban J connectivity index is 1.22. The van der Waals surface area contributed by atoms with E-state index in [2.05, 4.69) is 30.7 Å². The highest BCUT2D eigenvalue weighted by molar-refractivity contribution is 5.72. The van der Waals surface area contributed by atoms with Gasteiger partial charge in [-0.05, 0) is 31.4 Å². The number of nitrogens with one attached hydrogen (secondary N) is 2. The Morgan fingerprint density at radius 1 is 1.04 bits per heavy atom. The van der Waals surface area contributed by atoms with Crippen LogP contribution in [0.4, 0.5) is 31.0 Å². The minimum absolute atomic E-state index is 0.0630. The van der Waals surface area contributed by atoms with Crippen molar-refractivity contribution in [1.82, 2.24) is 29.6 Å². The van der Waals surface area contributed by atoms with Crippen LogP contribution in [0, 0.1) is 0 Å². The quantitative estimate of drug-likeness (QED) is 0.184. The lowest BCUT2D eigenvalue weighted by atomic mass is 10.1. The molecule has 1 saturated heterocycles. The smallest absolute Gasteiger partial charge is 0.407 e. The fraction of sp³-hybridized carbons (Fsp3) is 0.367. The molecule has 2 fully saturated rings. The molecule has 45 heavy (non-hydrogen) atoms. The van der Waals surface area contributed by atoms with Crippen molar-refractivity contribution in [1.29, 1.82) is 0 Å². The summed E-state index contributed by atoms with van der Waals surface area (Å²) in [5.74, 6) is 1.77. The molecule has 0 unspecified atom stereocenters. The molecule has 13 nitrogen and oxygen atoms in total. The number of hydrogen-bond donors (Lipinski definition) is 3. The van der Waals surface area contributed by atoms with Crippen molar-refractivity contribution in [2.75, 3.05) is 37.9 Å². The number of amides is 1. The van der Waals surface area contributed by atoms with E-state index in [4.69, 9.17) is 14.2 Å². The molecule has 1 saturated carbocycles. The number of likely N-dealkylation sites (tertiary alicyclic amines) is 1. The monoisotopic (exact) mass is 622 g/mol. The Morgan fingerprint density at radius 2 is 1.87 bits per heavy atom. The van der Waals surface area contributed by atoms with Gasteiger partial charge >= 0.3 is 6.09 Å². The van der Waals surface area contributed by atoms with Gasteiger partial charge in [-0.1, -0.05) is 0 Å². The molecule has 1 aliphatic carbocycles. The molecule has 15 heteroatoms. The molecule has 236 valence electrons. The van der Waals surface area contributed by atoms with Gasteiger partial charge in [0.2, 0.25) is 0 Å². The first-order chi connectivity index (χ1) is 21.8. The largest absolute Gasteiger partial charge is 0.497 e. The van der Waals surface area contributed by atoms with Gasteiger partial charge in [-0.25, -0.2) is 28.5 Å². The predicted octanol–water partition coefficient (Wildman–Crippen LogP) is 5.51. The van der Waals surface area contributed by atoms with Crippen molar-refractivity contribution in [3.63, 3.8) is 0 Å². The molecule has 2 aliphatic rings. The van der Waals surface area contributed by atoms with Gasteiger partial charge in [0.1, 0.15) is 34.7 Å². The van der Waals surface area contributed by atoms with Crippen LogP contribution in [0.25, 0.3) is 11.1 Å². The lowest BCUT2D eigenvalue weighted by Crippen LogP contribution is -2.27. The number of hydrogen-bond acceptors (Lipinski definition) is 10. The zero-order valence-electron chi connectivity index (χ0n) is 24.6. The Kier molecular flexibility index (Phi) is 8.49. The summed E-state index contributed by atoms with van der Waals surface area (Å²) < 4.78 is 46.2.